The van der Waals surface area contributed by atoms with Crippen LogP contribution in [0, 0.1) is 5.82 Å². The zero-order valence-electron chi connectivity index (χ0n) is 8.61. The summed E-state index contributed by atoms with van der Waals surface area (Å²) in [6.45, 7) is -0.280. The van der Waals surface area contributed by atoms with Crippen molar-refractivity contribution in [2.45, 2.75) is 18.9 Å². The third-order valence-electron chi connectivity index (χ3n) is 2.20. The molecule has 0 radical (unpaired) electrons. The van der Waals surface area contributed by atoms with Gasteiger partial charge >= 0.3 is 0 Å². The van der Waals surface area contributed by atoms with Crippen LogP contribution in [-0.4, -0.2) is 30.0 Å². The molecule has 1 unspecified atom stereocenters. The smallest absolute Gasteiger partial charge is 0.123 e. The number of ether oxygens (including phenoxy) is 1. The Kier molecular flexibility index (Phi) is 4.52. The van der Waals surface area contributed by atoms with Crippen LogP contribution in [0.5, 0.6) is 5.75 Å². The van der Waals surface area contributed by atoms with Crippen LogP contribution in [0.1, 0.15) is 12.0 Å². The van der Waals surface area contributed by atoms with Gasteiger partial charge in [-0.1, -0.05) is 0 Å². The molecule has 4 heteroatoms. The van der Waals surface area contributed by atoms with Crippen LogP contribution in [0.2, 0.25) is 0 Å². The number of benzene rings is 1. The fraction of sp³-hybridized carbons (Fsp3) is 0.455. The largest absolute Gasteiger partial charge is 0.496 e. The van der Waals surface area contributed by atoms with Crippen molar-refractivity contribution < 1.29 is 19.3 Å². The lowest BCUT2D eigenvalue weighted by atomic mass is 10.1. The number of methoxy groups -OCH3 is 1. The minimum atomic E-state index is -0.766. The van der Waals surface area contributed by atoms with Crippen molar-refractivity contribution in [3.8, 4) is 5.75 Å². The Bertz CT molecular complexity index is 315. The number of aliphatic hydroxyl groups is 2. The van der Waals surface area contributed by atoms with Gasteiger partial charge in [0.2, 0.25) is 0 Å². The number of rotatable bonds is 5. The monoisotopic (exact) mass is 214 g/mol. The van der Waals surface area contributed by atoms with E-state index in [1.807, 2.05) is 0 Å². The maximum Gasteiger partial charge on any atom is 0.123 e. The van der Waals surface area contributed by atoms with Gasteiger partial charge in [0.15, 0.2) is 0 Å². The molecule has 1 atom stereocenters. The lowest BCUT2D eigenvalue weighted by Crippen LogP contribution is -2.12. The van der Waals surface area contributed by atoms with Crippen molar-refractivity contribution >= 4 is 0 Å². The van der Waals surface area contributed by atoms with E-state index < -0.39 is 6.10 Å². The van der Waals surface area contributed by atoms with Crippen molar-refractivity contribution in [2.75, 3.05) is 13.7 Å². The maximum absolute atomic E-state index is 12.9. The average Bonchev–Trinajstić information content (AvgIpc) is 2.26. The van der Waals surface area contributed by atoms with Crippen LogP contribution in [0.4, 0.5) is 4.39 Å². The molecule has 0 aliphatic heterocycles. The fourth-order valence-corrected chi connectivity index (χ4v) is 1.36. The van der Waals surface area contributed by atoms with Crippen LogP contribution in [0.3, 0.4) is 0 Å². The Morgan fingerprint density at radius 3 is 2.80 bits per heavy atom. The molecule has 0 aliphatic rings. The van der Waals surface area contributed by atoms with Gasteiger partial charge in [0.05, 0.1) is 19.8 Å². The van der Waals surface area contributed by atoms with E-state index in [1.54, 1.807) is 6.07 Å². The third-order valence-corrected chi connectivity index (χ3v) is 2.20. The molecule has 0 spiro atoms. The van der Waals surface area contributed by atoms with Crippen molar-refractivity contribution in [2.24, 2.45) is 0 Å². The van der Waals surface area contributed by atoms with Crippen LogP contribution in [0.25, 0.3) is 0 Å². The van der Waals surface area contributed by atoms with E-state index in [0.29, 0.717) is 24.2 Å². The number of hydrogen-bond donors (Lipinski definition) is 2. The summed E-state index contributed by atoms with van der Waals surface area (Å²) in [5.41, 5.74) is 0.699. The first-order chi connectivity index (χ1) is 7.17. The summed E-state index contributed by atoms with van der Waals surface area (Å²) < 4.78 is 18.0. The van der Waals surface area contributed by atoms with Crippen molar-refractivity contribution in [3.63, 3.8) is 0 Å². The molecule has 0 amide bonds. The number of aliphatic hydroxyl groups excluding tert-OH is 2. The van der Waals surface area contributed by atoms with Gasteiger partial charge in [-0.2, -0.15) is 0 Å². The molecule has 15 heavy (non-hydrogen) atoms. The van der Waals surface area contributed by atoms with Gasteiger partial charge in [0, 0.05) is 0 Å². The molecule has 0 saturated heterocycles. The Labute approximate surface area is 88.1 Å². The van der Waals surface area contributed by atoms with Crippen LogP contribution >= 0.6 is 0 Å². The van der Waals surface area contributed by atoms with Gasteiger partial charge in [0.25, 0.3) is 0 Å². The molecule has 0 fully saturated rings. The summed E-state index contributed by atoms with van der Waals surface area (Å²) in [6, 6.07) is 4.25. The summed E-state index contributed by atoms with van der Waals surface area (Å²) in [4.78, 5) is 0. The normalized spacial score (nSPS) is 12.5. The van der Waals surface area contributed by atoms with E-state index in [1.165, 1.54) is 19.2 Å². The van der Waals surface area contributed by atoms with Gasteiger partial charge in [-0.15, -0.1) is 0 Å². The van der Waals surface area contributed by atoms with Crippen LogP contribution in [0.15, 0.2) is 18.2 Å². The SMILES string of the molecule is COc1ccc(F)cc1CCC(O)CO. The zero-order valence-corrected chi connectivity index (χ0v) is 8.61. The van der Waals surface area contributed by atoms with Crippen molar-refractivity contribution in [3.05, 3.63) is 29.6 Å². The Hall–Kier alpha value is -1.13. The van der Waals surface area contributed by atoms with E-state index in [4.69, 9.17) is 14.9 Å². The second kappa shape index (κ2) is 5.68. The van der Waals surface area contributed by atoms with E-state index >= 15 is 0 Å². The summed E-state index contributed by atoms with van der Waals surface area (Å²) in [6.07, 6.45) is 0.0943. The lowest BCUT2D eigenvalue weighted by molar-refractivity contribution is 0.0884. The highest BCUT2D eigenvalue weighted by atomic mass is 19.1. The number of halogens is 1. The van der Waals surface area contributed by atoms with Gasteiger partial charge in [-0.3, -0.25) is 0 Å². The number of aryl methyl sites for hydroxylation is 1. The van der Waals surface area contributed by atoms with E-state index in [0.717, 1.165) is 0 Å². The summed E-state index contributed by atoms with van der Waals surface area (Å²) in [7, 11) is 1.51. The number of hydrogen-bond acceptors (Lipinski definition) is 3. The molecule has 1 rings (SSSR count). The Morgan fingerprint density at radius 2 is 2.20 bits per heavy atom. The van der Waals surface area contributed by atoms with Crippen molar-refractivity contribution in [1.82, 2.24) is 0 Å². The standard InChI is InChI=1S/C11H15FO3/c1-15-11-5-3-9(12)6-8(11)2-4-10(14)7-13/h3,5-6,10,13-14H,2,4,7H2,1H3. The minimum Gasteiger partial charge on any atom is -0.496 e. The summed E-state index contributed by atoms with van der Waals surface area (Å²) in [5.74, 6) is 0.269. The van der Waals surface area contributed by atoms with Gasteiger partial charge in [-0.05, 0) is 36.6 Å². The predicted molar refractivity (Wildman–Crippen MR) is 54.4 cm³/mol. The van der Waals surface area contributed by atoms with E-state index in [2.05, 4.69) is 0 Å². The Morgan fingerprint density at radius 1 is 1.47 bits per heavy atom. The maximum atomic E-state index is 12.9. The lowest BCUT2D eigenvalue weighted by Gasteiger charge is -2.10. The van der Waals surface area contributed by atoms with Gasteiger partial charge < -0.3 is 14.9 Å². The molecule has 2 N–H and O–H groups in total. The first-order valence-electron chi connectivity index (χ1n) is 4.78. The minimum absolute atomic E-state index is 0.280. The van der Waals surface area contributed by atoms with Crippen LogP contribution in [-0.2, 0) is 6.42 Å². The first-order valence-corrected chi connectivity index (χ1v) is 4.78. The van der Waals surface area contributed by atoms with Crippen LogP contribution < -0.4 is 4.74 Å². The van der Waals surface area contributed by atoms with E-state index in [-0.39, 0.29) is 12.4 Å². The third kappa shape index (κ3) is 3.49. The Balaban J connectivity index is 2.69. The molecule has 1 aromatic carbocycles. The molecule has 0 bridgehead atoms. The van der Waals surface area contributed by atoms with Gasteiger partial charge in [0.1, 0.15) is 11.6 Å². The highest BCUT2D eigenvalue weighted by Gasteiger charge is 2.07. The molecule has 0 heterocycles. The van der Waals surface area contributed by atoms with E-state index in [9.17, 15) is 4.39 Å². The predicted octanol–water partition coefficient (Wildman–Crippen LogP) is 1.12. The average molecular weight is 214 g/mol. The summed E-state index contributed by atoms with van der Waals surface area (Å²) in [5, 5.41) is 17.8. The second-order valence-electron chi connectivity index (χ2n) is 3.33. The quantitative estimate of drug-likeness (QED) is 0.772. The molecule has 0 aromatic heterocycles. The molecule has 84 valence electrons. The van der Waals surface area contributed by atoms with Crippen molar-refractivity contribution in [1.29, 1.82) is 0 Å². The fourth-order valence-electron chi connectivity index (χ4n) is 1.36. The molecular formula is C11H15FO3. The zero-order chi connectivity index (χ0) is 11.3. The molecular weight excluding hydrogens is 199 g/mol. The second-order valence-corrected chi connectivity index (χ2v) is 3.33. The molecule has 3 nitrogen and oxygen atoms in total. The topological polar surface area (TPSA) is 49.7 Å². The first kappa shape index (κ1) is 11.9. The highest BCUT2D eigenvalue weighted by Crippen LogP contribution is 2.21. The molecule has 0 saturated carbocycles. The van der Waals surface area contributed by atoms with Gasteiger partial charge in [-0.25, -0.2) is 4.39 Å². The summed E-state index contributed by atoms with van der Waals surface area (Å²) >= 11 is 0. The highest BCUT2D eigenvalue weighted by molar-refractivity contribution is 5.34. The molecule has 1 aromatic rings. The molecule has 0 aliphatic carbocycles.